The second-order valence-electron chi connectivity index (χ2n) is 4.52. The van der Waals surface area contributed by atoms with Crippen LogP contribution in [0, 0.1) is 0 Å². The van der Waals surface area contributed by atoms with Crippen molar-refractivity contribution >= 4 is 10.9 Å². The maximum absolute atomic E-state index is 9.54. The van der Waals surface area contributed by atoms with Gasteiger partial charge in [-0.25, -0.2) is 0 Å². The number of aromatic nitrogens is 1. The standard InChI is InChI=1S/C13H16N2O/c16-10-3-4-13-11(6-10)12(8-15-13)9-2-1-5-14-7-9/h3-4,6,8-9,14-16H,1-2,5,7H2. The first-order chi connectivity index (χ1) is 7.84. The Morgan fingerprint density at radius 1 is 1.31 bits per heavy atom. The number of benzene rings is 1. The van der Waals surface area contributed by atoms with E-state index in [1.54, 1.807) is 6.07 Å². The summed E-state index contributed by atoms with van der Waals surface area (Å²) in [4.78, 5) is 3.27. The molecule has 3 nitrogen and oxygen atoms in total. The molecule has 1 aliphatic heterocycles. The number of phenolic OH excluding ortho intramolecular Hbond substituents is 1. The maximum Gasteiger partial charge on any atom is 0.116 e. The SMILES string of the molecule is Oc1ccc2[nH]cc(C3CCCNC3)c2c1. The van der Waals surface area contributed by atoms with E-state index < -0.39 is 0 Å². The van der Waals surface area contributed by atoms with Crippen molar-refractivity contribution in [3.8, 4) is 5.75 Å². The monoisotopic (exact) mass is 216 g/mol. The van der Waals surface area contributed by atoms with E-state index in [-0.39, 0.29) is 0 Å². The number of phenols is 1. The molecule has 16 heavy (non-hydrogen) atoms. The lowest BCUT2D eigenvalue weighted by Gasteiger charge is -2.22. The molecule has 1 unspecified atom stereocenters. The molecule has 1 fully saturated rings. The normalized spacial score (nSPS) is 21.4. The summed E-state index contributed by atoms with van der Waals surface area (Å²) in [5, 5.41) is 14.1. The number of rotatable bonds is 1. The minimum Gasteiger partial charge on any atom is -0.508 e. The average Bonchev–Trinajstić information content (AvgIpc) is 2.73. The second kappa shape index (κ2) is 3.83. The van der Waals surface area contributed by atoms with Crippen LogP contribution in [0.5, 0.6) is 5.75 Å². The van der Waals surface area contributed by atoms with Gasteiger partial charge in [-0.05, 0) is 49.1 Å². The zero-order chi connectivity index (χ0) is 11.0. The van der Waals surface area contributed by atoms with Gasteiger partial charge in [0.2, 0.25) is 0 Å². The Kier molecular flexibility index (Phi) is 2.33. The lowest BCUT2D eigenvalue weighted by molar-refractivity contribution is 0.463. The average molecular weight is 216 g/mol. The molecule has 84 valence electrons. The highest BCUT2D eigenvalue weighted by Gasteiger charge is 2.18. The third-order valence-corrected chi connectivity index (χ3v) is 3.43. The maximum atomic E-state index is 9.54. The van der Waals surface area contributed by atoms with Crippen molar-refractivity contribution in [1.82, 2.24) is 10.3 Å². The largest absolute Gasteiger partial charge is 0.508 e. The predicted molar refractivity (Wildman–Crippen MR) is 64.8 cm³/mol. The molecule has 3 rings (SSSR count). The fraction of sp³-hybridized carbons (Fsp3) is 0.385. The molecule has 1 atom stereocenters. The highest BCUT2D eigenvalue weighted by molar-refractivity contribution is 5.85. The molecule has 0 bridgehead atoms. The molecule has 2 heterocycles. The molecule has 2 aromatic rings. The second-order valence-corrected chi connectivity index (χ2v) is 4.52. The zero-order valence-electron chi connectivity index (χ0n) is 9.16. The molecule has 0 aliphatic carbocycles. The molecule has 1 saturated heterocycles. The van der Waals surface area contributed by atoms with Gasteiger partial charge in [-0.2, -0.15) is 0 Å². The summed E-state index contributed by atoms with van der Waals surface area (Å²) in [5.41, 5.74) is 2.44. The molecule has 0 amide bonds. The Morgan fingerprint density at radius 3 is 3.06 bits per heavy atom. The number of aromatic hydroxyl groups is 1. The van der Waals surface area contributed by atoms with E-state index in [1.807, 2.05) is 12.1 Å². The lowest BCUT2D eigenvalue weighted by Crippen LogP contribution is -2.28. The number of fused-ring (bicyclic) bond motifs is 1. The van der Waals surface area contributed by atoms with Gasteiger partial charge in [-0.1, -0.05) is 0 Å². The molecule has 0 radical (unpaired) electrons. The van der Waals surface area contributed by atoms with Crippen LogP contribution in [0.1, 0.15) is 24.3 Å². The van der Waals surface area contributed by atoms with Crippen LogP contribution in [0.3, 0.4) is 0 Å². The van der Waals surface area contributed by atoms with E-state index in [1.165, 1.54) is 18.4 Å². The third kappa shape index (κ3) is 1.57. The van der Waals surface area contributed by atoms with Gasteiger partial charge in [-0.3, -0.25) is 0 Å². The van der Waals surface area contributed by atoms with Gasteiger partial charge >= 0.3 is 0 Å². The Bertz CT molecular complexity index is 498. The first-order valence-corrected chi connectivity index (χ1v) is 5.85. The fourth-order valence-electron chi connectivity index (χ4n) is 2.59. The van der Waals surface area contributed by atoms with E-state index in [9.17, 15) is 5.11 Å². The number of hydrogen-bond acceptors (Lipinski definition) is 2. The number of nitrogens with one attached hydrogen (secondary N) is 2. The highest BCUT2D eigenvalue weighted by Crippen LogP contribution is 2.31. The minimum atomic E-state index is 0.345. The van der Waals surface area contributed by atoms with Crippen molar-refractivity contribution < 1.29 is 5.11 Å². The van der Waals surface area contributed by atoms with Crippen LogP contribution in [-0.2, 0) is 0 Å². The summed E-state index contributed by atoms with van der Waals surface area (Å²) in [6.45, 7) is 2.17. The summed E-state index contributed by atoms with van der Waals surface area (Å²) in [7, 11) is 0. The van der Waals surface area contributed by atoms with Crippen LogP contribution in [-0.4, -0.2) is 23.2 Å². The van der Waals surface area contributed by atoms with Gasteiger partial charge in [0.05, 0.1) is 0 Å². The van der Waals surface area contributed by atoms with Gasteiger partial charge in [-0.15, -0.1) is 0 Å². The molecular weight excluding hydrogens is 200 g/mol. The van der Waals surface area contributed by atoms with Gasteiger partial charge in [0.25, 0.3) is 0 Å². The summed E-state index contributed by atoms with van der Waals surface area (Å²) >= 11 is 0. The fourth-order valence-corrected chi connectivity index (χ4v) is 2.59. The first kappa shape index (κ1) is 9.73. The summed E-state index contributed by atoms with van der Waals surface area (Å²) in [5.74, 6) is 0.918. The first-order valence-electron chi connectivity index (χ1n) is 5.85. The molecule has 3 N–H and O–H groups in total. The van der Waals surface area contributed by atoms with Crippen LogP contribution >= 0.6 is 0 Å². The van der Waals surface area contributed by atoms with Gasteiger partial charge < -0.3 is 15.4 Å². The van der Waals surface area contributed by atoms with Crippen molar-refractivity contribution in [3.63, 3.8) is 0 Å². The minimum absolute atomic E-state index is 0.345. The van der Waals surface area contributed by atoms with Gasteiger partial charge in [0.15, 0.2) is 0 Å². The molecule has 0 spiro atoms. The number of H-pyrrole nitrogens is 1. The molecule has 0 saturated carbocycles. The van der Waals surface area contributed by atoms with Gasteiger partial charge in [0, 0.05) is 23.6 Å². The molecule has 1 aromatic carbocycles. The smallest absolute Gasteiger partial charge is 0.116 e. The number of hydrogen-bond donors (Lipinski definition) is 3. The molecular formula is C13H16N2O. The quantitative estimate of drug-likeness (QED) is 0.685. The van der Waals surface area contributed by atoms with Crippen LogP contribution in [0.15, 0.2) is 24.4 Å². The highest BCUT2D eigenvalue weighted by atomic mass is 16.3. The molecule has 3 heteroatoms. The number of piperidine rings is 1. The molecule has 1 aliphatic rings. The van der Waals surface area contributed by atoms with Crippen molar-refractivity contribution in [2.24, 2.45) is 0 Å². The van der Waals surface area contributed by atoms with Crippen molar-refractivity contribution in [2.75, 3.05) is 13.1 Å². The van der Waals surface area contributed by atoms with Crippen LogP contribution < -0.4 is 5.32 Å². The third-order valence-electron chi connectivity index (χ3n) is 3.43. The van der Waals surface area contributed by atoms with Gasteiger partial charge in [0.1, 0.15) is 5.75 Å². The lowest BCUT2D eigenvalue weighted by atomic mass is 9.91. The van der Waals surface area contributed by atoms with Crippen molar-refractivity contribution in [3.05, 3.63) is 30.0 Å². The Morgan fingerprint density at radius 2 is 2.25 bits per heavy atom. The summed E-state index contributed by atoms with van der Waals surface area (Å²) in [6.07, 6.45) is 4.55. The van der Waals surface area contributed by atoms with E-state index in [4.69, 9.17) is 0 Å². The zero-order valence-corrected chi connectivity index (χ0v) is 9.16. The van der Waals surface area contributed by atoms with Crippen molar-refractivity contribution in [2.45, 2.75) is 18.8 Å². The van der Waals surface area contributed by atoms with Crippen LogP contribution in [0.25, 0.3) is 10.9 Å². The Labute approximate surface area is 94.5 Å². The Balaban J connectivity index is 2.05. The topological polar surface area (TPSA) is 48.0 Å². The predicted octanol–water partition coefficient (Wildman–Crippen LogP) is 2.34. The van der Waals surface area contributed by atoms with E-state index >= 15 is 0 Å². The number of aromatic amines is 1. The van der Waals surface area contributed by atoms with Crippen LogP contribution in [0.2, 0.25) is 0 Å². The molecule has 1 aromatic heterocycles. The Hall–Kier alpha value is -1.48. The van der Waals surface area contributed by atoms with Crippen molar-refractivity contribution in [1.29, 1.82) is 0 Å². The van der Waals surface area contributed by atoms with Crippen LogP contribution in [0.4, 0.5) is 0 Å². The van der Waals surface area contributed by atoms with E-state index in [0.29, 0.717) is 11.7 Å². The summed E-state index contributed by atoms with van der Waals surface area (Å²) in [6, 6.07) is 5.52. The van der Waals surface area contributed by atoms with E-state index in [2.05, 4.69) is 16.5 Å². The summed E-state index contributed by atoms with van der Waals surface area (Å²) < 4.78 is 0. The van der Waals surface area contributed by atoms with E-state index in [0.717, 1.165) is 24.0 Å².